The van der Waals surface area contributed by atoms with Crippen LogP contribution in [0.4, 0.5) is 5.69 Å². The molecular formula is C53H65N3O11. The number of unbranched alkanes of at least 4 members (excludes halogenated alkanes) is 2. The van der Waals surface area contributed by atoms with Gasteiger partial charge in [0.05, 0.1) is 23.2 Å². The molecule has 3 aliphatic carbocycles. The molecule has 6 atom stereocenters. The zero-order valence-corrected chi connectivity index (χ0v) is 38.4. The Morgan fingerprint density at radius 1 is 0.896 bits per heavy atom. The number of fused-ring (bicyclic) bond motifs is 3. The Morgan fingerprint density at radius 2 is 1.63 bits per heavy atom. The topological polar surface area (TPSA) is 172 Å². The summed E-state index contributed by atoms with van der Waals surface area (Å²) in [5.41, 5.74) is 4.07. The number of non-ortho nitro benzene ring substituents is 1. The molecule has 0 saturated heterocycles. The molecule has 2 N–H and O–H groups in total. The zero-order valence-electron chi connectivity index (χ0n) is 38.4. The lowest BCUT2D eigenvalue weighted by atomic mass is 9.55. The van der Waals surface area contributed by atoms with Crippen LogP contribution in [0.2, 0.25) is 0 Å². The van der Waals surface area contributed by atoms with Crippen molar-refractivity contribution in [3.63, 3.8) is 0 Å². The van der Waals surface area contributed by atoms with Crippen LogP contribution in [0.1, 0.15) is 106 Å². The maximum atomic E-state index is 15.3. The van der Waals surface area contributed by atoms with Gasteiger partial charge in [-0.25, -0.2) is 0 Å². The van der Waals surface area contributed by atoms with Gasteiger partial charge in [-0.2, -0.15) is 0 Å². The predicted molar refractivity (Wildman–Crippen MR) is 253 cm³/mol. The minimum atomic E-state index is -1.44. The van der Waals surface area contributed by atoms with E-state index in [9.17, 15) is 20.3 Å². The van der Waals surface area contributed by atoms with Crippen LogP contribution in [0.25, 0.3) is 0 Å². The van der Waals surface area contributed by atoms with E-state index < -0.39 is 22.7 Å². The number of amides is 1. The average Bonchev–Trinajstić information content (AvgIpc) is 4.05. The van der Waals surface area contributed by atoms with Crippen molar-refractivity contribution in [3.8, 4) is 23.0 Å². The number of benzene rings is 3. The Bertz CT molecular complexity index is 2270. The van der Waals surface area contributed by atoms with E-state index in [4.69, 9.17) is 33.7 Å². The number of carbonyl (C=O) groups excluding carboxylic acids is 1. The number of aliphatic hydroxyl groups is 2. The van der Waals surface area contributed by atoms with E-state index in [1.165, 1.54) is 25.0 Å². The summed E-state index contributed by atoms with van der Waals surface area (Å²) in [6.07, 6.45) is 16.1. The highest BCUT2D eigenvalue weighted by Crippen LogP contribution is 2.62. The summed E-state index contributed by atoms with van der Waals surface area (Å²) in [6, 6.07) is 17.2. The lowest BCUT2D eigenvalue weighted by Crippen LogP contribution is -2.70. The number of aliphatic hydroxyl groups excluding tert-OH is 2. The molecule has 3 aromatic carbocycles. The van der Waals surface area contributed by atoms with Gasteiger partial charge in [-0.15, -0.1) is 6.58 Å². The minimum absolute atomic E-state index is 0.0176. The van der Waals surface area contributed by atoms with Crippen LogP contribution < -0.4 is 18.9 Å². The molecule has 0 radical (unpaired) electrons. The van der Waals surface area contributed by atoms with Crippen molar-refractivity contribution in [3.05, 3.63) is 124 Å². The van der Waals surface area contributed by atoms with Crippen LogP contribution in [-0.2, 0) is 27.5 Å². The number of ether oxygens (including phenoxy) is 5. The van der Waals surface area contributed by atoms with Crippen LogP contribution in [0.15, 0.2) is 103 Å². The summed E-state index contributed by atoms with van der Waals surface area (Å²) in [7, 11) is 0. The van der Waals surface area contributed by atoms with Crippen molar-refractivity contribution in [2.24, 2.45) is 28.8 Å². The Balaban J connectivity index is 1.31. The summed E-state index contributed by atoms with van der Waals surface area (Å²) < 4.78 is 32.4. The van der Waals surface area contributed by atoms with Gasteiger partial charge in [0, 0.05) is 56.2 Å². The summed E-state index contributed by atoms with van der Waals surface area (Å²) in [5.74, 6) is 0.918. The normalized spacial score (nSPS) is 24.2. The van der Waals surface area contributed by atoms with Crippen LogP contribution in [0, 0.1) is 33.8 Å². The maximum Gasteiger partial charge on any atom is 0.269 e. The van der Waals surface area contributed by atoms with Gasteiger partial charge >= 0.3 is 0 Å². The van der Waals surface area contributed by atoms with E-state index in [0.717, 1.165) is 61.6 Å². The van der Waals surface area contributed by atoms with Crippen LogP contribution in [0.5, 0.6) is 23.0 Å². The second-order valence-corrected chi connectivity index (χ2v) is 18.5. The molecule has 67 heavy (non-hydrogen) atoms. The van der Waals surface area contributed by atoms with Gasteiger partial charge in [-0.05, 0) is 109 Å². The molecule has 8 rings (SSSR count). The highest BCUT2D eigenvalue weighted by Gasteiger charge is 2.65. The molecule has 2 heterocycles. The minimum Gasteiger partial charge on any atom is -0.490 e. The third-order valence-corrected chi connectivity index (χ3v) is 14.3. The van der Waals surface area contributed by atoms with E-state index in [1.54, 1.807) is 24.3 Å². The van der Waals surface area contributed by atoms with Gasteiger partial charge in [-0.3, -0.25) is 14.9 Å². The first-order chi connectivity index (χ1) is 32.8. The van der Waals surface area contributed by atoms with Gasteiger partial charge in [0.15, 0.2) is 11.5 Å². The second-order valence-electron chi connectivity index (χ2n) is 18.5. The van der Waals surface area contributed by atoms with Crippen LogP contribution in [0.3, 0.4) is 0 Å². The molecule has 2 saturated carbocycles. The summed E-state index contributed by atoms with van der Waals surface area (Å²) >= 11 is 0. The molecule has 2 aliphatic heterocycles. The number of oxime groups is 1. The Morgan fingerprint density at radius 3 is 2.37 bits per heavy atom. The highest BCUT2D eigenvalue weighted by molar-refractivity contribution is 6.03. The van der Waals surface area contributed by atoms with Crippen LogP contribution in [-0.4, -0.2) is 76.7 Å². The zero-order chi connectivity index (χ0) is 46.8. The van der Waals surface area contributed by atoms with E-state index in [2.05, 4.69) is 25.3 Å². The lowest BCUT2D eigenvalue weighted by molar-refractivity contribution is -0.384. The fraction of sp³-hybridized carbons (Fsp3) is 0.509. The molecule has 14 heteroatoms. The summed E-state index contributed by atoms with van der Waals surface area (Å²) in [4.78, 5) is 34.5. The molecular weight excluding hydrogens is 855 g/mol. The van der Waals surface area contributed by atoms with Crippen LogP contribution >= 0.6 is 0 Å². The van der Waals surface area contributed by atoms with Gasteiger partial charge in [-0.1, -0.05) is 74.6 Å². The quantitative estimate of drug-likeness (QED) is 0.0379. The predicted octanol–water partition coefficient (Wildman–Crippen LogP) is 9.72. The SMILES string of the molecule is C=CCOc1ccc2c(c1)C1C(CCCCO)C(CCCCO)C=C3C(=NOCc4ccc([N+](=O)[O-])cc4)CC(N(Cc4ccc5c(c4)OCO5)C(=O)CCC4CCCC4)C(OCC=C)(O2)C31. The average molecular weight is 920 g/mol. The molecule has 6 unspecified atom stereocenters. The van der Waals surface area contributed by atoms with E-state index >= 15 is 4.79 Å². The molecule has 0 aromatic heterocycles. The van der Waals surface area contributed by atoms with Gasteiger partial charge in [0.1, 0.15) is 30.8 Å². The van der Waals surface area contributed by atoms with E-state index in [0.29, 0.717) is 66.1 Å². The largest absolute Gasteiger partial charge is 0.490 e. The Kier molecular flexibility index (Phi) is 16.0. The first-order valence-electron chi connectivity index (χ1n) is 24.1. The van der Waals surface area contributed by atoms with Crippen molar-refractivity contribution < 1.29 is 48.5 Å². The van der Waals surface area contributed by atoms with Crippen molar-refractivity contribution in [2.45, 2.75) is 114 Å². The number of carbonyl (C=O) groups is 1. The first kappa shape index (κ1) is 47.8. The molecule has 3 aromatic rings. The third-order valence-electron chi connectivity index (χ3n) is 14.3. The molecule has 0 spiro atoms. The molecule has 5 aliphatic rings. The van der Waals surface area contributed by atoms with Gasteiger partial charge < -0.3 is 43.6 Å². The Hall–Kier alpha value is -5.70. The van der Waals surface area contributed by atoms with Crippen molar-refractivity contribution in [1.29, 1.82) is 0 Å². The van der Waals surface area contributed by atoms with Gasteiger partial charge in [0.25, 0.3) is 5.69 Å². The molecule has 358 valence electrons. The third kappa shape index (κ3) is 10.7. The summed E-state index contributed by atoms with van der Waals surface area (Å²) in [5, 5.41) is 36.4. The van der Waals surface area contributed by atoms with Crippen molar-refractivity contribution >= 4 is 17.3 Å². The number of hydrogen-bond acceptors (Lipinski definition) is 12. The number of nitro benzene ring substituents is 1. The fourth-order valence-corrected chi connectivity index (χ4v) is 11.2. The number of rotatable bonds is 24. The standard InChI is InChI=1S/C53H65N3O11/c1-3-27-62-41-21-23-46-44(31-41)51-42(14-8-10-26-58)39(13-7-9-25-57)30-43-45(54-66-34-37-15-19-40(20-16-37)56(60)61)32-49(53(67-46,52(43)51)65-28-4-2)55(50(59)24-18-36-11-5-6-12-36)33-38-17-22-47-48(29-38)64-35-63-47/h3-4,15-17,19-23,29-31,36,39,42,49,51-52,57-58H,1-2,5-14,18,24-28,32-35H2. The number of hydrogen-bond donors (Lipinski definition) is 2. The van der Waals surface area contributed by atoms with Gasteiger partial charge in [0.2, 0.25) is 18.5 Å². The maximum absolute atomic E-state index is 15.3. The number of nitro groups is 1. The first-order valence-corrected chi connectivity index (χ1v) is 24.1. The molecule has 0 bridgehead atoms. The lowest BCUT2D eigenvalue weighted by Gasteiger charge is -2.60. The highest BCUT2D eigenvalue weighted by atomic mass is 16.7. The smallest absolute Gasteiger partial charge is 0.269 e. The monoisotopic (exact) mass is 919 g/mol. The number of nitrogens with zero attached hydrogens (tertiary/aromatic N) is 3. The van der Waals surface area contributed by atoms with E-state index in [1.807, 2.05) is 35.2 Å². The molecule has 14 nitrogen and oxygen atoms in total. The number of allylic oxidation sites excluding steroid dienone is 1. The molecule has 1 amide bonds. The summed E-state index contributed by atoms with van der Waals surface area (Å²) in [6.45, 7) is 8.97. The molecule has 2 fully saturated rings. The van der Waals surface area contributed by atoms with Crippen molar-refractivity contribution in [1.82, 2.24) is 4.90 Å². The second kappa shape index (κ2) is 22.4. The van der Waals surface area contributed by atoms with E-state index in [-0.39, 0.29) is 75.5 Å². The Labute approximate surface area is 393 Å². The van der Waals surface area contributed by atoms with Crippen molar-refractivity contribution in [2.75, 3.05) is 33.2 Å². The fourth-order valence-electron chi connectivity index (χ4n) is 11.2.